The Morgan fingerprint density at radius 1 is 1.24 bits per heavy atom. The van der Waals surface area contributed by atoms with Gasteiger partial charge in [-0.05, 0) is 25.3 Å². The van der Waals surface area contributed by atoms with Crippen LogP contribution in [0.15, 0.2) is 35.5 Å². The molecule has 0 spiro atoms. The van der Waals surface area contributed by atoms with Crippen LogP contribution in [0.1, 0.15) is 39.2 Å². The van der Waals surface area contributed by atoms with Gasteiger partial charge in [-0.2, -0.15) is 0 Å². The first kappa shape index (κ1) is 17.0. The molecule has 0 saturated carbocycles. The van der Waals surface area contributed by atoms with Gasteiger partial charge in [0.25, 0.3) is 0 Å². The lowest BCUT2D eigenvalue weighted by Crippen LogP contribution is -2.50. The van der Waals surface area contributed by atoms with Gasteiger partial charge in [-0.1, -0.05) is 49.3 Å². The number of carbonyl (C=O) groups is 1. The maximum Gasteiger partial charge on any atom is 0.236 e. The van der Waals surface area contributed by atoms with Gasteiger partial charge in [-0.15, -0.1) is 0 Å². The zero-order valence-corrected chi connectivity index (χ0v) is 13.0. The molecule has 1 amide bonds. The van der Waals surface area contributed by atoms with Crippen LogP contribution in [-0.2, 0) is 11.3 Å². The van der Waals surface area contributed by atoms with E-state index >= 15 is 0 Å². The van der Waals surface area contributed by atoms with Crippen molar-refractivity contribution in [3.05, 3.63) is 35.9 Å². The number of nitrogens with zero attached hydrogens (tertiary/aromatic N) is 2. The van der Waals surface area contributed by atoms with Crippen LogP contribution in [0.3, 0.4) is 0 Å². The number of oxime groups is 1. The maximum absolute atomic E-state index is 12.9. The van der Waals surface area contributed by atoms with Gasteiger partial charge < -0.3 is 15.8 Å². The standard InChI is InChI=1S/C16H25N3O2/c1-4-16(5-2,14(17)18-21)15(20)19(6-3)12-13-10-8-7-9-11-13/h7-11,21H,4-6,12H2,1-3H3,(H2,17,18). The minimum atomic E-state index is -0.931. The molecule has 0 radical (unpaired) electrons. The van der Waals surface area contributed by atoms with Crippen LogP contribution in [-0.4, -0.2) is 28.4 Å². The number of benzene rings is 1. The molecule has 0 aliphatic carbocycles. The van der Waals surface area contributed by atoms with Crippen molar-refractivity contribution < 1.29 is 10.0 Å². The zero-order valence-electron chi connectivity index (χ0n) is 13.0. The average molecular weight is 291 g/mol. The van der Waals surface area contributed by atoms with E-state index in [0.29, 0.717) is 25.9 Å². The molecule has 1 aromatic carbocycles. The molecule has 0 aliphatic rings. The highest BCUT2D eigenvalue weighted by Gasteiger charge is 2.42. The molecule has 21 heavy (non-hydrogen) atoms. The molecule has 0 atom stereocenters. The number of hydrogen-bond acceptors (Lipinski definition) is 3. The number of amides is 1. The molecule has 0 aromatic heterocycles. The van der Waals surface area contributed by atoms with Crippen molar-refractivity contribution in [2.45, 2.75) is 40.2 Å². The highest BCUT2D eigenvalue weighted by atomic mass is 16.4. The fourth-order valence-electron chi connectivity index (χ4n) is 2.55. The molecule has 0 aliphatic heterocycles. The Hall–Kier alpha value is -2.04. The fraction of sp³-hybridized carbons (Fsp3) is 0.500. The normalized spacial score (nSPS) is 12.2. The molecular formula is C16H25N3O2. The molecule has 0 bridgehead atoms. The Bertz CT molecular complexity index is 482. The molecule has 3 N–H and O–H groups in total. The summed E-state index contributed by atoms with van der Waals surface area (Å²) in [5, 5.41) is 12.1. The number of hydrogen-bond donors (Lipinski definition) is 2. The minimum Gasteiger partial charge on any atom is -0.409 e. The van der Waals surface area contributed by atoms with Crippen LogP contribution < -0.4 is 5.73 Å². The van der Waals surface area contributed by atoms with Crippen LogP contribution in [0, 0.1) is 5.41 Å². The summed E-state index contributed by atoms with van der Waals surface area (Å²) in [6.45, 7) is 6.81. The molecule has 0 unspecified atom stereocenters. The monoisotopic (exact) mass is 291 g/mol. The zero-order chi connectivity index (χ0) is 15.9. The summed E-state index contributed by atoms with van der Waals surface area (Å²) in [4.78, 5) is 14.7. The van der Waals surface area contributed by atoms with Gasteiger partial charge in [-0.25, -0.2) is 0 Å². The molecule has 0 fully saturated rings. The first-order valence-electron chi connectivity index (χ1n) is 7.37. The van der Waals surface area contributed by atoms with E-state index in [4.69, 9.17) is 10.9 Å². The summed E-state index contributed by atoms with van der Waals surface area (Å²) < 4.78 is 0. The summed E-state index contributed by atoms with van der Waals surface area (Å²) in [5.41, 5.74) is 5.94. The van der Waals surface area contributed by atoms with Gasteiger partial charge in [-0.3, -0.25) is 4.79 Å². The van der Waals surface area contributed by atoms with Crippen molar-refractivity contribution in [1.29, 1.82) is 0 Å². The molecule has 1 rings (SSSR count). The number of nitrogens with two attached hydrogens (primary N) is 1. The van der Waals surface area contributed by atoms with Gasteiger partial charge in [0, 0.05) is 13.1 Å². The summed E-state index contributed by atoms with van der Waals surface area (Å²) in [7, 11) is 0. The summed E-state index contributed by atoms with van der Waals surface area (Å²) >= 11 is 0. The second-order valence-corrected chi connectivity index (χ2v) is 5.08. The van der Waals surface area contributed by atoms with Crippen molar-refractivity contribution >= 4 is 11.7 Å². The van der Waals surface area contributed by atoms with Crippen molar-refractivity contribution in [2.75, 3.05) is 6.54 Å². The molecule has 0 saturated heterocycles. The smallest absolute Gasteiger partial charge is 0.236 e. The lowest BCUT2D eigenvalue weighted by atomic mass is 9.79. The summed E-state index contributed by atoms with van der Waals surface area (Å²) in [5.74, 6) is -0.0989. The second kappa shape index (κ2) is 7.67. The second-order valence-electron chi connectivity index (χ2n) is 5.08. The number of rotatable bonds is 7. The average Bonchev–Trinajstić information content (AvgIpc) is 2.54. The highest BCUT2D eigenvalue weighted by molar-refractivity contribution is 6.06. The summed E-state index contributed by atoms with van der Waals surface area (Å²) in [6.07, 6.45) is 1.01. The quantitative estimate of drug-likeness (QED) is 0.351. The molecular weight excluding hydrogens is 266 g/mol. The van der Waals surface area contributed by atoms with E-state index in [9.17, 15) is 4.79 Å². The Morgan fingerprint density at radius 3 is 2.24 bits per heavy atom. The molecule has 116 valence electrons. The van der Waals surface area contributed by atoms with E-state index in [1.165, 1.54) is 0 Å². The van der Waals surface area contributed by atoms with Crippen molar-refractivity contribution in [2.24, 2.45) is 16.3 Å². The predicted molar refractivity (Wildman–Crippen MR) is 84.0 cm³/mol. The van der Waals surface area contributed by atoms with E-state index < -0.39 is 5.41 Å². The molecule has 1 aromatic rings. The van der Waals surface area contributed by atoms with E-state index in [-0.39, 0.29) is 11.7 Å². The van der Waals surface area contributed by atoms with E-state index in [0.717, 1.165) is 5.56 Å². The lowest BCUT2D eigenvalue weighted by Gasteiger charge is -2.34. The number of carbonyl (C=O) groups excluding carboxylic acids is 1. The lowest BCUT2D eigenvalue weighted by molar-refractivity contribution is -0.139. The van der Waals surface area contributed by atoms with Crippen molar-refractivity contribution in [3.63, 3.8) is 0 Å². The topological polar surface area (TPSA) is 78.9 Å². The maximum atomic E-state index is 12.9. The Kier molecular flexibility index (Phi) is 6.21. The predicted octanol–water partition coefficient (Wildman–Crippen LogP) is 2.59. The largest absolute Gasteiger partial charge is 0.409 e. The third-order valence-corrected chi connectivity index (χ3v) is 4.10. The van der Waals surface area contributed by atoms with Crippen LogP contribution in [0.5, 0.6) is 0 Å². The van der Waals surface area contributed by atoms with Gasteiger partial charge >= 0.3 is 0 Å². The van der Waals surface area contributed by atoms with Gasteiger partial charge in [0.1, 0.15) is 5.41 Å². The van der Waals surface area contributed by atoms with E-state index in [1.54, 1.807) is 4.90 Å². The first-order chi connectivity index (χ1) is 10.1. The first-order valence-corrected chi connectivity index (χ1v) is 7.37. The Balaban J connectivity index is 3.05. The minimum absolute atomic E-state index is 0.0102. The van der Waals surface area contributed by atoms with Crippen molar-refractivity contribution in [1.82, 2.24) is 4.90 Å². The fourth-order valence-corrected chi connectivity index (χ4v) is 2.55. The molecule has 5 nitrogen and oxygen atoms in total. The third kappa shape index (κ3) is 3.54. The molecule has 0 heterocycles. The third-order valence-electron chi connectivity index (χ3n) is 4.10. The Labute approximate surface area is 126 Å². The number of amidine groups is 1. The van der Waals surface area contributed by atoms with Crippen LogP contribution in [0.2, 0.25) is 0 Å². The van der Waals surface area contributed by atoms with E-state index in [2.05, 4.69) is 5.16 Å². The van der Waals surface area contributed by atoms with Crippen molar-refractivity contribution in [3.8, 4) is 0 Å². The van der Waals surface area contributed by atoms with Gasteiger partial charge in [0.15, 0.2) is 5.84 Å². The Morgan fingerprint density at radius 2 is 1.81 bits per heavy atom. The summed E-state index contributed by atoms with van der Waals surface area (Å²) in [6, 6.07) is 9.81. The highest BCUT2D eigenvalue weighted by Crippen LogP contribution is 2.30. The van der Waals surface area contributed by atoms with E-state index in [1.807, 2.05) is 51.1 Å². The van der Waals surface area contributed by atoms with Crippen LogP contribution in [0.4, 0.5) is 0 Å². The van der Waals surface area contributed by atoms with Gasteiger partial charge in [0.2, 0.25) is 5.91 Å². The van der Waals surface area contributed by atoms with Crippen LogP contribution in [0.25, 0.3) is 0 Å². The van der Waals surface area contributed by atoms with Crippen LogP contribution >= 0.6 is 0 Å². The van der Waals surface area contributed by atoms with Gasteiger partial charge in [0.05, 0.1) is 0 Å². The molecule has 5 heteroatoms. The SMILES string of the molecule is CCN(Cc1ccccc1)C(=O)C(CC)(CC)C(N)=NO.